The van der Waals surface area contributed by atoms with Crippen molar-refractivity contribution in [3.63, 3.8) is 0 Å². The van der Waals surface area contributed by atoms with Gasteiger partial charge in [0.05, 0.1) is 12.0 Å². The zero-order valence-corrected chi connectivity index (χ0v) is 18.1. The largest absolute Gasteiger partial charge is 0.497 e. The van der Waals surface area contributed by atoms with Crippen LogP contribution in [0.5, 0.6) is 17.2 Å². The highest BCUT2D eigenvalue weighted by Crippen LogP contribution is 2.32. The number of carbonyl (C=O) groups is 1. The smallest absolute Gasteiger partial charge is 0.251 e. The van der Waals surface area contributed by atoms with Crippen molar-refractivity contribution in [1.29, 1.82) is 0 Å². The summed E-state index contributed by atoms with van der Waals surface area (Å²) >= 11 is 0. The summed E-state index contributed by atoms with van der Waals surface area (Å²) in [6.45, 7) is 0.653. The van der Waals surface area contributed by atoms with E-state index >= 15 is 0 Å². The molecule has 0 radical (unpaired) electrons. The summed E-state index contributed by atoms with van der Waals surface area (Å²) in [6.07, 6.45) is 0. The Kier molecular flexibility index (Phi) is 6.29. The fraction of sp³-hybridized carbons (Fsp3) is 0.174. The second-order valence-electron chi connectivity index (χ2n) is 7.07. The molecule has 0 fully saturated rings. The molecule has 1 aliphatic rings. The van der Waals surface area contributed by atoms with Gasteiger partial charge in [0, 0.05) is 18.7 Å². The Morgan fingerprint density at radius 2 is 1.59 bits per heavy atom. The molecule has 8 nitrogen and oxygen atoms in total. The second kappa shape index (κ2) is 9.29. The van der Waals surface area contributed by atoms with Crippen molar-refractivity contribution in [1.82, 2.24) is 10.0 Å². The van der Waals surface area contributed by atoms with Crippen LogP contribution in [-0.2, 0) is 23.1 Å². The molecular formula is C23H22N2O6S. The van der Waals surface area contributed by atoms with E-state index in [0.717, 1.165) is 11.1 Å². The summed E-state index contributed by atoms with van der Waals surface area (Å²) in [5.74, 6) is 1.71. The van der Waals surface area contributed by atoms with E-state index in [1.54, 1.807) is 36.4 Å². The maximum atomic E-state index is 12.4. The number of carbonyl (C=O) groups excluding carboxylic acids is 1. The average Bonchev–Trinajstić information content (AvgIpc) is 3.29. The van der Waals surface area contributed by atoms with Crippen molar-refractivity contribution < 1.29 is 27.4 Å². The number of sulfonamides is 1. The molecule has 1 amide bonds. The highest BCUT2D eigenvalue weighted by atomic mass is 32.2. The molecule has 9 heteroatoms. The van der Waals surface area contributed by atoms with Gasteiger partial charge in [-0.05, 0) is 59.7 Å². The first-order chi connectivity index (χ1) is 15.4. The van der Waals surface area contributed by atoms with Crippen LogP contribution in [-0.4, -0.2) is 28.2 Å². The van der Waals surface area contributed by atoms with Crippen LogP contribution in [0.3, 0.4) is 0 Å². The lowest BCUT2D eigenvalue weighted by Gasteiger charge is -2.09. The van der Waals surface area contributed by atoms with Crippen LogP contribution < -0.4 is 24.2 Å². The van der Waals surface area contributed by atoms with Gasteiger partial charge < -0.3 is 19.5 Å². The number of benzene rings is 3. The van der Waals surface area contributed by atoms with E-state index in [-0.39, 0.29) is 24.1 Å². The third-order valence-electron chi connectivity index (χ3n) is 4.94. The lowest BCUT2D eigenvalue weighted by Crippen LogP contribution is -2.24. The number of rotatable bonds is 8. The first kappa shape index (κ1) is 21.7. The summed E-state index contributed by atoms with van der Waals surface area (Å²) in [5.41, 5.74) is 2.11. The molecule has 0 saturated heterocycles. The van der Waals surface area contributed by atoms with E-state index in [0.29, 0.717) is 29.4 Å². The minimum Gasteiger partial charge on any atom is -0.497 e. The maximum absolute atomic E-state index is 12.4. The molecule has 0 spiro atoms. The topological polar surface area (TPSA) is 103 Å². The molecule has 166 valence electrons. The lowest BCUT2D eigenvalue weighted by atomic mass is 10.1. The van der Waals surface area contributed by atoms with Gasteiger partial charge in [0.25, 0.3) is 5.91 Å². The van der Waals surface area contributed by atoms with Crippen LogP contribution in [0.25, 0.3) is 0 Å². The normalized spacial score (nSPS) is 12.4. The van der Waals surface area contributed by atoms with Crippen LogP contribution in [0.2, 0.25) is 0 Å². The van der Waals surface area contributed by atoms with Crippen LogP contribution in [0.15, 0.2) is 71.6 Å². The van der Waals surface area contributed by atoms with Gasteiger partial charge in [0.1, 0.15) is 5.75 Å². The van der Waals surface area contributed by atoms with E-state index in [9.17, 15) is 13.2 Å². The van der Waals surface area contributed by atoms with E-state index in [1.165, 1.54) is 19.2 Å². The summed E-state index contributed by atoms with van der Waals surface area (Å²) < 4.78 is 43.1. The quantitative estimate of drug-likeness (QED) is 0.543. The molecule has 1 aliphatic heterocycles. The van der Waals surface area contributed by atoms with Gasteiger partial charge in [0.15, 0.2) is 11.5 Å². The molecule has 0 bridgehead atoms. The minimum absolute atomic E-state index is 0.105. The number of hydrogen-bond donors (Lipinski definition) is 2. The molecule has 0 aliphatic carbocycles. The Hall–Kier alpha value is -3.56. The second-order valence-corrected chi connectivity index (χ2v) is 8.83. The fourth-order valence-corrected chi connectivity index (χ4v) is 4.14. The first-order valence-corrected chi connectivity index (χ1v) is 11.3. The summed E-state index contributed by atoms with van der Waals surface area (Å²) in [7, 11) is -2.14. The van der Waals surface area contributed by atoms with Crippen LogP contribution in [0.4, 0.5) is 0 Å². The predicted molar refractivity (Wildman–Crippen MR) is 117 cm³/mol. The molecule has 0 aromatic heterocycles. The van der Waals surface area contributed by atoms with Crippen molar-refractivity contribution in [2.75, 3.05) is 13.9 Å². The first-order valence-electron chi connectivity index (χ1n) is 9.84. The standard InChI is InChI=1S/C23H22N2O6S/c1-29-19-7-9-20(10-8-19)32(27,28)25-14-16-2-5-18(6-3-16)23(26)24-13-17-4-11-21-22(12-17)31-15-30-21/h2-12,25H,13-15H2,1H3,(H,24,26). The molecule has 0 unspecified atom stereocenters. The number of hydrogen-bond acceptors (Lipinski definition) is 6. The Morgan fingerprint density at radius 3 is 2.31 bits per heavy atom. The highest BCUT2D eigenvalue weighted by Gasteiger charge is 2.15. The molecule has 2 N–H and O–H groups in total. The number of ether oxygens (including phenoxy) is 3. The summed E-state index contributed by atoms with van der Waals surface area (Å²) in [6, 6.07) is 18.4. The van der Waals surface area contributed by atoms with Gasteiger partial charge in [-0.25, -0.2) is 13.1 Å². The van der Waals surface area contributed by atoms with Crippen LogP contribution in [0.1, 0.15) is 21.5 Å². The number of amides is 1. The Balaban J connectivity index is 1.31. The average molecular weight is 455 g/mol. The summed E-state index contributed by atoms with van der Waals surface area (Å²) in [5, 5.41) is 2.86. The predicted octanol–water partition coefficient (Wildman–Crippen LogP) is 2.83. The van der Waals surface area contributed by atoms with Crippen LogP contribution in [0, 0.1) is 0 Å². The number of fused-ring (bicyclic) bond motifs is 1. The van der Waals surface area contributed by atoms with Crippen molar-refractivity contribution in [3.05, 3.63) is 83.4 Å². The molecule has 3 aromatic carbocycles. The molecule has 0 saturated carbocycles. The van der Waals surface area contributed by atoms with Crippen molar-refractivity contribution in [2.45, 2.75) is 18.0 Å². The van der Waals surface area contributed by atoms with Gasteiger partial charge in [-0.3, -0.25) is 4.79 Å². The van der Waals surface area contributed by atoms with Crippen LogP contribution >= 0.6 is 0 Å². The monoisotopic (exact) mass is 454 g/mol. The Labute approximate surface area is 186 Å². The minimum atomic E-state index is -3.66. The fourth-order valence-electron chi connectivity index (χ4n) is 3.13. The molecule has 4 rings (SSSR count). The Bertz CT molecular complexity index is 1210. The molecule has 0 atom stereocenters. The van der Waals surface area contributed by atoms with E-state index in [4.69, 9.17) is 14.2 Å². The van der Waals surface area contributed by atoms with E-state index in [1.807, 2.05) is 18.2 Å². The van der Waals surface area contributed by atoms with Crippen molar-refractivity contribution in [2.24, 2.45) is 0 Å². The van der Waals surface area contributed by atoms with Gasteiger partial charge in [-0.2, -0.15) is 0 Å². The maximum Gasteiger partial charge on any atom is 0.251 e. The zero-order valence-electron chi connectivity index (χ0n) is 17.3. The molecule has 1 heterocycles. The Morgan fingerprint density at radius 1 is 0.906 bits per heavy atom. The summed E-state index contributed by atoms with van der Waals surface area (Å²) in [4.78, 5) is 12.6. The number of nitrogens with one attached hydrogen (secondary N) is 2. The van der Waals surface area contributed by atoms with Gasteiger partial charge >= 0.3 is 0 Å². The van der Waals surface area contributed by atoms with Gasteiger partial charge in [-0.1, -0.05) is 18.2 Å². The van der Waals surface area contributed by atoms with E-state index in [2.05, 4.69) is 10.0 Å². The molecule has 32 heavy (non-hydrogen) atoms. The zero-order chi connectivity index (χ0) is 22.6. The SMILES string of the molecule is COc1ccc(S(=O)(=O)NCc2ccc(C(=O)NCc3ccc4c(c3)OCO4)cc2)cc1. The lowest BCUT2D eigenvalue weighted by molar-refractivity contribution is 0.0950. The van der Waals surface area contributed by atoms with Gasteiger partial charge in [0.2, 0.25) is 16.8 Å². The molecular weight excluding hydrogens is 432 g/mol. The van der Waals surface area contributed by atoms with Gasteiger partial charge in [-0.15, -0.1) is 0 Å². The number of methoxy groups -OCH3 is 1. The van der Waals surface area contributed by atoms with Crippen molar-refractivity contribution in [3.8, 4) is 17.2 Å². The van der Waals surface area contributed by atoms with E-state index < -0.39 is 10.0 Å². The van der Waals surface area contributed by atoms with Crippen molar-refractivity contribution >= 4 is 15.9 Å². The third kappa shape index (κ3) is 5.01. The highest BCUT2D eigenvalue weighted by molar-refractivity contribution is 7.89. The third-order valence-corrected chi connectivity index (χ3v) is 6.36. The molecule has 3 aromatic rings.